The van der Waals surface area contributed by atoms with E-state index in [1.165, 1.54) is 11.1 Å². The Morgan fingerprint density at radius 1 is 1.24 bits per heavy atom. The van der Waals surface area contributed by atoms with Crippen molar-refractivity contribution in [1.82, 2.24) is 5.32 Å². The Morgan fingerprint density at radius 2 is 2.12 bits per heavy atom. The van der Waals surface area contributed by atoms with Crippen LogP contribution in [0.3, 0.4) is 0 Å². The zero-order valence-electron chi connectivity index (χ0n) is 10.2. The van der Waals surface area contributed by atoms with Gasteiger partial charge in [-0.15, -0.1) is 0 Å². The van der Waals surface area contributed by atoms with Crippen LogP contribution in [0, 0.1) is 0 Å². The summed E-state index contributed by atoms with van der Waals surface area (Å²) in [6, 6.07) is 8.79. The fourth-order valence-electron chi connectivity index (χ4n) is 2.24. The SMILES string of the molecule is OCCCCCNC1COCc2ccccc21. The molecule has 0 saturated carbocycles. The second kappa shape index (κ2) is 6.74. The molecule has 0 fully saturated rings. The van der Waals surface area contributed by atoms with E-state index >= 15 is 0 Å². The summed E-state index contributed by atoms with van der Waals surface area (Å²) in [6.45, 7) is 2.79. The van der Waals surface area contributed by atoms with Crippen LogP contribution in [-0.4, -0.2) is 24.9 Å². The van der Waals surface area contributed by atoms with Gasteiger partial charge in [-0.05, 0) is 36.9 Å². The first kappa shape index (κ1) is 12.6. The van der Waals surface area contributed by atoms with Crippen LogP contribution < -0.4 is 5.32 Å². The summed E-state index contributed by atoms with van der Waals surface area (Å²) < 4.78 is 5.58. The zero-order chi connectivity index (χ0) is 11.9. The van der Waals surface area contributed by atoms with Crippen LogP contribution in [0.5, 0.6) is 0 Å². The molecular formula is C14H21NO2. The lowest BCUT2D eigenvalue weighted by Gasteiger charge is -2.26. The topological polar surface area (TPSA) is 41.5 Å². The van der Waals surface area contributed by atoms with Crippen molar-refractivity contribution in [2.45, 2.75) is 31.9 Å². The molecule has 3 heteroatoms. The maximum absolute atomic E-state index is 8.70. The van der Waals surface area contributed by atoms with Crippen LogP contribution in [0.4, 0.5) is 0 Å². The molecule has 0 aliphatic carbocycles. The molecule has 0 aromatic heterocycles. The highest BCUT2D eigenvalue weighted by Gasteiger charge is 2.18. The monoisotopic (exact) mass is 235 g/mol. The third kappa shape index (κ3) is 3.53. The lowest BCUT2D eigenvalue weighted by Crippen LogP contribution is -2.30. The molecule has 17 heavy (non-hydrogen) atoms. The minimum atomic E-state index is 0.301. The Labute approximate surface area is 103 Å². The molecule has 0 radical (unpaired) electrons. The summed E-state index contributed by atoms with van der Waals surface area (Å²) in [5.74, 6) is 0. The second-order valence-corrected chi connectivity index (χ2v) is 4.50. The smallest absolute Gasteiger partial charge is 0.0721 e. The molecule has 2 N–H and O–H groups in total. The Balaban J connectivity index is 1.82. The first-order chi connectivity index (χ1) is 8.42. The van der Waals surface area contributed by atoms with Crippen molar-refractivity contribution in [3.8, 4) is 0 Å². The van der Waals surface area contributed by atoms with Crippen molar-refractivity contribution >= 4 is 0 Å². The van der Waals surface area contributed by atoms with Crippen LogP contribution in [-0.2, 0) is 11.3 Å². The molecule has 1 heterocycles. The highest BCUT2D eigenvalue weighted by Crippen LogP contribution is 2.24. The van der Waals surface area contributed by atoms with E-state index in [0.29, 0.717) is 12.6 Å². The maximum Gasteiger partial charge on any atom is 0.0721 e. The fourth-order valence-corrected chi connectivity index (χ4v) is 2.24. The van der Waals surface area contributed by atoms with Crippen LogP contribution in [0.15, 0.2) is 24.3 Å². The molecule has 0 bridgehead atoms. The Morgan fingerprint density at radius 3 is 3.00 bits per heavy atom. The number of aliphatic hydroxyl groups excluding tert-OH is 1. The summed E-state index contributed by atoms with van der Waals surface area (Å²) in [5, 5.41) is 12.2. The van der Waals surface area contributed by atoms with Gasteiger partial charge in [0.2, 0.25) is 0 Å². The number of hydrogen-bond acceptors (Lipinski definition) is 3. The third-order valence-electron chi connectivity index (χ3n) is 3.20. The lowest BCUT2D eigenvalue weighted by molar-refractivity contribution is 0.0821. The first-order valence-electron chi connectivity index (χ1n) is 6.41. The van der Waals surface area contributed by atoms with Gasteiger partial charge in [0.1, 0.15) is 0 Å². The fraction of sp³-hybridized carbons (Fsp3) is 0.571. The van der Waals surface area contributed by atoms with E-state index in [-0.39, 0.29) is 0 Å². The average Bonchev–Trinajstić information content (AvgIpc) is 2.39. The van der Waals surface area contributed by atoms with Crippen molar-refractivity contribution in [3.63, 3.8) is 0 Å². The number of unbranched alkanes of at least 4 members (excludes halogenated alkanes) is 2. The van der Waals surface area contributed by atoms with E-state index in [4.69, 9.17) is 9.84 Å². The molecular weight excluding hydrogens is 214 g/mol. The quantitative estimate of drug-likeness (QED) is 0.741. The van der Waals surface area contributed by atoms with Gasteiger partial charge in [-0.25, -0.2) is 0 Å². The summed E-state index contributed by atoms with van der Waals surface area (Å²) >= 11 is 0. The highest BCUT2D eigenvalue weighted by atomic mass is 16.5. The summed E-state index contributed by atoms with van der Waals surface area (Å²) in [7, 11) is 0. The van der Waals surface area contributed by atoms with Crippen molar-refractivity contribution in [2.75, 3.05) is 19.8 Å². The van der Waals surface area contributed by atoms with Gasteiger partial charge < -0.3 is 15.2 Å². The van der Waals surface area contributed by atoms with Gasteiger partial charge >= 0.3 is 0 Å². The minimum Gasteiger partial charge on any atom is -0.396 e. The van der Waals surface area contributed by atoms with Gasteiger partial charge in [0.05, 0.1) is 19.3 Å². The van der Waals surface area contributed by atoms with Gasteiger partial charge in [-0.2, -0.15) is 0 Å². The number of aliphatic hydroxyl groups is 1. The normalized spacial score (nSPS) is 19.0. The van der Waals surface area contributed by atoms with E-state index in [1.54, 1.807) is 0 Å². The summed E-state index contributed by atoms with van der Waals surface area (Å²) in [6.07, 6.45) is 3.09. The van der Waals surface area contributed by atoms with Gasteiger partial charge in [-0.3, -0.25) is 0 Å². The number of fused-ring (bicyclic) bond motifs is 1. The van der Waals surface area contributed by atoms with E-state index in [9.17, 15) is 0 Å². The third-order valence-corrected chi connectivity index (χ3v) is 3.20. The number of benzene rings is 1. The Bertz CT molecular complexity index is 341. The minimum absolute atomic E-state index is 0.301. The van der Waals surface area contributed by atoms with Gasteiger partial charge in [-0.1, -0.05) is 24.3 Å². The Hall–Kier alpha value is -0.900. The highest BCUT2D eigenvalue weighted by molar-refractivity contribution is 5.30. The lowest BCUT2D eigenvalue weighted by atomic mass is 9.99. The predicted molar refractivity (Wildman–Crippen MR) is 67.8 cm³/mol. The number of hydrogen-bond donors (Lipinski definition) is 2. The van der Waals surface area contributed by atoms with Gasteiger partial charge in [0.15, 0.2) is 0 Å². The standard InChI is InChI=1S/C14H21NO2/c16-9-5-1-4-8-15-14-11-17-10-12-6-2-3-7-13(12)14/h2-3,6-7,14-16H,1,4-5,8-11H2. The van der Waals surface area contributed by atoms with Crippen LogP contribution in [0.25, 0.3) is 0 Å². The molecule has 1 unspecified atom stereocenters. The molecule has 0 amide bonds. The largest absolute Gasteiger partial charge is 0.396 e. The molecule has 1 aliphatic rings. The number of rotatable bonds is 6. The average molecular weight is 235 g/mol. The number of nitrogens with one attached hydrogen (secondary N) is 1. The predicted octanol–water partition coefficient (Wildman–Crippen LogP) is 2.01. The van der Waals surface area contributed by atoms with Crippen molar-refractivity contribution in [2.24, 2.45) is 0 Å². The molecule has 2 rings (SSSR count). The molecule has 1 aromatic carbocycles. The van der Waals surface area contributed by atoms with E-state index < -0.39 is 0 Å². The second-order valence-electron chi connectivity index (χ2n) is 4.50. The van der Waals surface area contributed by atoms with Crippen LogP contribution in [0.1, 0.15) is 36.4 Å². The summed E-state index contributed by atoms with van der Waals surface area (Å²) in [4.78, 5) is 0. The van der Waals surface area contributed by atoms with Crippen molar-refractivity contribution < 1.29 is 9.84 Å². The molecule has 1 aliphatic heterocycles. The number of ether oxygens (including phenoxy) is 1. The van der Waals surface area contributed by atoms with Crippen LogP contribution in [0.2, 0.25) is 0 Å². The molecule has 1 atom stereocenters. The van der Waals surface area contributed by atoms with E-state index in [0.717, 1.165) is 39.0 Å². The molecule has 94 valence electrons. The van der Waals surface area contributed by atoms with Crippen LogP contribution >= 0.6 is 0 Å². The first-order valence-corrected chi connectivity index (χ1v) is 6.41. The molecule has 0 spiro atoms. The van der Waals surface area contributed by atoms with Crippen molar-refractivity contribution in [1.29, 1.82) is 0 Å². The van der Waals surface area contributed by atoms with Gasteiger partial charge in [0, 0.05) is 6.61 Å². The molecule has 1 aromatic rings. The Kier molecular flexibility index (Phi) is 4.98. The van der Waals surface area contributed by atoms with E-state index in [1.807, 2.05) is 0 Å². The maximum atomic E-state index is 8.70. The van der Waals surface area contributed by atoms with E-state index in [2.05, 4.69) is 29.6 Å². The summed E-state index contributed by atoms with van der Waals surface area (Å²) in [5.41, 5.74) is 2.67. The van der Waals surface area contributed by atoms with Crippen molar-refractivity contribution in [3.05, 3.63) is 35.4 Å². The zero-order valence-corrected chi connectivity index (χ0v) is 10.2. The molecule has 3 nitrogen and oxygen atoms in total. The van der Waals surface area contributed by atoms with Gasteiger partial charge in [0.25, 0.3) is 0 Å². The molecule has 0 saturated heterocycles.